The van der Waals surface area contributed by atoms with Crippen LogP contribution in [-0.2, 0) is 43.6 Å². The molecule has 3 aromatic rings. The average molecular weight is 438 g/mol. The van der Waals surface area contributed by atoms with Gasteiger partial charge in [-0.05, 0) is 19.0 Å². The summed E-state index contributed by atoms with van der Waals surface area (Å²) in [5.74, 6) is 1.66. The number of hydrogen-bond acceptors (Lipinski definition) is 6. The Morgan fingerprint density at radius 2 is 1.97 bits per heavy atom. The van der Waals surface area contributed by atoms with E-state index in [1.54, 1.807) is 0 Å². The van der Waals surface area contributed by atoms with Gasteiger partial charge in [-0.1, -0.05) is 30.3 Å². The van der Waals surface area contributed by atoms with Gasteiger partial charge in [0.15, 0.2) is 11.6 Å². The Hall–Kier alpha value is -3.46. The smallest absolute Gasteiger partial charge is 0.290 e. The van der Waals surface area contributed by atoms with Gasteiger partial charge in [-0.25, -0.2) is 4.98 Å². The Morgan fingerprint density at radius 3 is 2.75 bits per heavy atom. The van der Waals surface area contributed by atoms with Crippen LogP contribution in [0.2, 0.25) is 0 Å². The number of benzene rings is 1. The zero-order valence-electron chi connectivity index (χ0n) is 18.1. The lowest BCUT2D eigenvalue weighted by Crippen LogP contribution is -2.37. The van der Waals surface area contributed by atoms with E-state index in [1.807, 2.05) is 23.1 Å². The quantitative estimate of drug-likeness (QED) is 0.600. The molecule has 9 nitrogen and oxygen atoms in total. The molecule has 9 heteroatoms. The lowest BCUT2D eigenvalue weighted by molar-refractivity contribution is -0.122. The zero-order chi connectivity index (χ0) is 22.5. The minimum Gasteiger partial charge on any atom is -0.483 e. The molecule has 0 bridgehead atoms. The van der Waals surface area contributed by atoms with Crippen LogP contribution in [0.15, 0.2) is 34.7 Å². The lowest BCUT2D eigenvalue weighted by atomic mass is 10.0. The normalized spacial score (nSPS) is 15.3. The molecule has 4 heterocycles. The van der Waals surface area contributed by atoms with Crippen LogP contribution < -0.4 is 0 Å². The molecule has 0 saturated carbocycles. The minimum atomic E-state index is -0.250. The lowest BCUT2D eigenvalue weighted by Gasteiger charge is -2.26. The number of aryl methyl sites for hydroxylation is 2. The van der Waals surface area contributed by atoms with Crippen LogP contribution in [0.4, 0.5) is 0 Å². The highest BCUT2D eigenvalue weighted by molar-refractivity contribution is 5.94. The molecule has 1 amide bonds. The number of H-pyrrole nitrogens is 1. The number of likely N-dealkylation sites (N-methyl/N-ethyl adjacent to an activating group) is 1. The van der Waals surface area contributed by atoms with Crippen molar-refractivity contribution in [2.45, 2.75) is 38.8 Å². The summed E-state index contributed by atoms with van der Waals surface area (Å²) in [7, 11) is 2.07. The van der Waals surface area contributed by atoms with E-state index in [-0.39, 0.29) is 12.4 Å². The molecule has 32 heavy (non-hydrogen) atoms. The van der Waals surface area contributed by atoms with Gasteiger partial charge in [0, 0.05) is 50.2 Å². The Balaban J connectivity index is 0.000000775. The SMILES string of the molecule is CN1CCc2[nH]nc(C(=O)N3CCc4oc(CCc5ccccc5)nc4C3)c2C1.O=CO. The summed E-state index contributed by atoms with van der Waals surface area (Å²) in [5.41, 5.74) is 4.85. The predicted molar refractivity (Wildman–Crippen MR) is 116 cm³/mol. The number of carbonyl (C=O) groups excluding carboxylic acids is 1. The summed E-state index contributed by atoms with van der Waals surface area (Å²) in [6, 6.07) is 10.3. The van der Waals surface area contributed by atoms with Gasteiger partial charge in [0.2, 0.25) is 0 Å². The fourth-order valence-corrected chi connectivity index (χ4v) is 4.18. The maximum atomic E-state index is 13.1. The molecular formula is C23H27N5O4. The third-order valence-electron chi connectivity index (χ3n) is 5.86. The highest BCUT2D eigenvalue weighted by Gasteiger charge is 2.31. The van der Waals surface area contributed by atoms with Gasteiger partial charge in [0.25, 0.3) is 12.4 Å². The number of nitrogens with zero attached hydrogens (tertiary/aromatic N) is 4. The molecule has 0 saturated heterocycles. The first kappa shape index (κ1) is 21.8. The van der Waals surface area contributed by atoms with Crippen LogP contribution in [-0.4, -0.2) is 62.6 Å². The van der Waals surface area contributed by atoms with Crippen molar-refractivity contribution in [3.63, 3.8) is 0 Å². The van der Waals surface area contributed by atoms with Crippen molar-refractivity contribution in [1.82, 2.24) is 25.0 Å². The summed E-state index contributed by atoms with van der Waals surface area (Å²) in [5, 5.41) is 14.3. The largest absolute Gasteiger partial charge is 0.483 e. The summed E-state index contributed by atoms with van der Waals surface area (Å²) in [4.78, 5) is 30.2. The van der Waals surface area contributed by atoms with Gasteiger partial charge < -0.3 is 19.3 Å². The van der Waals surface area contributed by atoms with Crippen molar-refractivity contribution in [2.24, 2.45) is 0 Å². The molecule has 1 aromatic carbocycles. The van der Waals surface area contributed by atoms with Gasteiger partial charge in [-0.2, -0.15) is 5.10 Å². The second-order valence-corrected chi connectivity index (χ2v) is 8.06. The zero-order valence-corrected chi connectivity index (χ0v) is 18.1. The number of oxazole rings is 1. The van der Waals surface area contributed by atoms with Gasteiger partial charge in [-0.3, -0.25) is 14.7 Å². The minimum absolute atomic E-state index is 0.0164. The number of aromatic amines is 1. The maximum absolute atomic E-state index is 13.1. The molecule has 0 fully saturated rings. The first-order valence-electron chi connectivity index (χ1n) is 10.7. The van der Waals surface area contributed by atoms with Crippen molar-refractivity contribution in [2.75, 3.05) is 20.1 Å². The molecule has 2 N–H and O–H groups in total. The van der Waals surface area contributed by atoms with Gasteiger partial charge >= 0.3 is 0 Å². The fourth-order valence-electron chi connectivity index (χ4n) is 4.18. The fraction of sp³-hybridized carbons (Fsp3) is 0.391. The molecule has 2 aromatic heterocycles. The van der Waals surface area contributed by atoms with Gasteiger partial charge in [0.1, 0.15) is 11.5 Å². The molecule has 168 valence electrons. The number of amides is 1. The molecular weight excluding hydrogens is 410 g/mol. The Kier molecular flexibility index (Phi) is 6.65. The molecule has 0 atom stereocenters. The maximum Gasteiger partial charge on any atom is 0.290 e. The second kappa shape index (κ2) is 9.78. The topological polar surface area (TPSA) is 116 Å². The van der Waals surface area contributed by atoms with Crippen molar-refractivity contribution in [3.8, 4) is 0 Å². The Labute approximate surface area is 186 Å². The van der Waals surface area contributed by atoms with Gasteiger partial charge in [0.05, 0.1) is 6.54 Å². The van der Waals surface area contributed by atoms with E-state index in [4.69, 9.17) is 14.3 Å². The second-order valence-electron chi connectivity index (χ2n) is 8.06. The number of nitrogens with one attached hydrogen (secondary N) is 1. The predicted octanol–water partition coefficient (Wildman–Crippen LogP) is 2.07. The number of rotatable bonds is 4. The van der Waals surface area contributed by atoms with Crippen LogP contribution in [0, 0.1) is 0 Å². The van der Waals surface area contributed by atoms with Crippen LogP contribution in [0.3, 0.4) is 0 Å². The van der Waals surface area contributed by atoms with Crippen molar-refractivity contribution >= 4 is 12.4 Å². The molecule has 2 aliphatic heterocycles. The number of fused-ring (bicyclic) bond motifs is 2. The van der Waals surface area contributed by atoms with Gasteiger partial charge in [-0.15, -0.1) is 0 Å². The summed E-state index contributed by atoms with van der Waals surface area (Å²) >= 11 is 0. The third-order valence-corrected chi connectivity index (χ3v) is 5.86. The van der Waals surface area contributed by atoms with Crippen molar-refractivity contribution < 1.29 is 19.1 Å². The summed E-state index contributed by atoms with van der Waals surface area (Å²) in [6.07, 6.45) is 3.27. The van der Waals surface area contributed by atoms with E-state index in [2.05, 4.69) is 39.3 Å². The van der Waals surface area contributed by atoms with E-state index in [1.165, 1.54) is 5.56 Å². The van der Waals surface area contributed by atoms with Crippen molar-refractivity contribution in [3.05, 3.63) is 70.2 Å². The molecule has 2 aliphatic rings. The summed E-state index contributed by atoms with van der Waals surface area (Å²) < 4.78 is 5.97. The Bertz CT molecular complexity index is 1080. The number of carbonyl (C=O) groups is 2. The monoisotopic (exact) mass is 437 g/mol. The van der Waals surface area contributed by atoms with E-state index in [0.717, 1.165) is 61.0 Å². The highest BCUT2D eigenvalue weighted by atomic mass is 16.4. The number of hydrogen-bond donors (Lipinski definition) is 2. The number of aromatic nitrogens is 3. The Morgan fingerprint density at radius 1 is 1.19 bits per heavy atom. The van der Waals surface area contributed by atoms with E-state index in [0.29, 0.717) is 25.2 Å². The molecule has 0 aliphatic carbocycles. The van der Waals surface area contributed by atoms with E-state index >= 15 is 0 Å². The van der Waals surface area contributed by atoms with Crippen LogP contribution >= 0.6 is 0 Å². The third kappa shape index (κ3) is 4.72. The van der Waals surface area contributed by atoms with Crippen LogP contribution in [0.1, 0.15) is 44.7 Å². The average Bonchev–Trinajstić information content (AvgIpc) is 3.41. The van der Waals surface area contributed by atoms with E-state index in [9.17, 15) is 4.79 Å². The summed E-state index contributed by atoms with van der Waals surface area (Å²) in [6.45, 7) is 2.62. The van der Waals surface area contributed by atoms with E-state index < -0.39 is 0 Å². The van der Waals surface area contributed by atoms with Crippen LogP contribution in [0.5, 0.6) is 0 Å². The van der Waals surface area contributed by atoms with Crippen molar-refractivity contribution in [1.29, 1.82) is 0 Å². The first-order valence-corrected chi connectivity index (χ1v) is 10.7. The standard InChI is InChI=1S/C22H25N5O2.CH2O2/c1-26-11-9-17-16(13-26)21(25-24-17)22(28)27-12-10-19-18(14-27)23-20(29-19)8-7-15-5-3-2-4-6-15;2-1-3/h2-6H,7-14H2,1H3,(H,24,25);1H,(H,2,3). The molecule has 5 rings (SSSR count). The molecule has 0 radical (unpaired) electrons. The number of carboxylic acid groups (broad SMARTS) is 1. The molecule has 0 spiro atoms. The molecule has 0 unspecified atom stereocenters. The highest BCUT2D eigenvalue weighted by Crippen LogP contribution is 2.25. The van der Waals surface area contributed by atoms with Crippen LogP contribution in [0.25, 0.3) is 0 Å². The first-order chi connectivity index (χ1) is 15.6.